The van der Waals surface area contributed by atoms with Crippen LogP contribution in [0.25, 0.3) is 0 Å². The second-order valence-electron chi connectivity index (χ2n) is 4.60. The zero-order valence-electron chi connectivity index (χ0n) is 11.8. The van der Waals surface area contributed by atoms with Crippen molar-refractivity contribution in [1.82, 2.24) is 0 Å². The first-order valence-electron chi connectivity index (χ1n) is 6.44. The molecule has 1 N–H and O–H groups in total. The molecule has 0 aliphatic carbocycles. The Morgan fingerprint density at radius 2 is 2.00 bits per heavy atom. The maximum atomic E-state index is 13.7. The van der Waals surface area contributed by atoms with E-state index in [-0.39, 0.29) is 12.4 Å². The van der Waals surface area contributed by atoms with Crippen molar-refractivity contribution >= 4 is 15.9 Å². The lowest BCUT2D eigenvalue weighted by Crippen LogP contribution is -2.03. The number of rotatable bonds is 5. The first-order chi connectivity index (χ1) is 10.0. The summed E-state index contributed by atoms with van der Waals surface area (Å²) in [6.45, 7) is 1.71. The number of benzene rings is 2. The van der Waals surface area contributed by atoms with Crippen molar-refractivity contribution in [2.45, 2.75) is 19.6 Å². The van der Waals surface area contributed by atoms with Gasteiger partial charge in [0.05, 0.1) is 13.2 Å². The van der Waals surface area contributed by atoms with E-state index < -0.39 is 6.10 Å². The maximum absolute atomic E-state index is 13.7. The van der Waals surface area contributed by atoms with Crippen LogP contribution in [0.5, 0.6) is 11.5 Å². The van der Waals surface area contributed by atoms with Crippen LogP contribution < -0.4 is 9.47 Å². The summed E-state index contributed by atoms with van der Waals surface area (Å²) in [6, 6.07) is 9.83. The number of aliphatic hydroxyl groups excluding tert-OH is 1. The average Bonchev–Trinajstić information content (AvgIpc) is 2.47. The van der Waals surface area contributed by atoms with Gasteiger partial charge in [-0.05, 0) is 37.3 Å². The van der Waals surface area contributed by atoms with Crippen LogP contribution in [0.15, 0.2) is 40.9 Å². The lowest BCUT2D eigenvalue weighted by atomic mass is 10.1. The van der Waals surface area contributed by atoms with Gasteiger partial charge in [-0.3, -0.25) is 0 Å². The van der Waals surface area contributed by atoms with Crippen LogP contribution in [0.4, 0.5) is 4.39 Å². The summed E-state index contributed by atoms with van der Waals surface area (Å²) in [5.41, 5.74) is 1.06. The molecule has 0 amide bonds. The fraction of sp³-hybridized carbons (Fsp3) is 0.250. The van der Waals surface area contributed by atoms with Gasteiger partial charge >= 0.3 is 0 Å². The summed E-state index contributed by atoms with van der Waals surface area (Å²) >= 11 is 3.30. The minimum absolute atomic E-state index is 0.0676. The van der Waals surface area contributed by atoms with Crippen LogP contribution in [0.3, 0.4) is 0 Å². The molecule has 2 rings (SSSR count). The molecule has 0 unspecified atom stereocenters. The van der Waals surface area contributed by atoms with E-state index in [4.69, 9.17) is 9.47 Å². The van der Waals surface area contributed by atoms with E-state index in [1.807, 2.05) is 0 Å². The molecule has 0 spiro atoms. The highest BCUT2D eigenvalue weighted by molar-refractivity contribution is 9.10. The Balaban J connectivity index is 2.24. The first-order valence-corrected chi connectivity index (χ1v) is 7.23. The molecule has 2 aromatic rings. The quantitative estimate of drug-likeness (QED) is 0.873. The standard InChI is InChI=1S/C16H16BrFO3/c1-10(19)14-5-4-13(20-2)8-16(14)21-9-11-7-12(17)3-6-15(11)18/h3-8,10,19H,9H2,1-2H3/t10-/m1/s1. The lowest BCUT2D eigenvalue weighted by Gasteiger charge is -2.15. The summed E-state index contributed by atoms with van der Waals surface area (Å²) in [7, 11) is 1.55. The molecule has 0 radical (unpaired) electrons. The smallest absolute Gasteiger partial charge is 0.129 e. The SMILES string of the molecule is COc1ccc([C@@H](C)O)c(OCc2cc(Br)ccc2F)c1. The van der Waals surface area contributed by atoms with Crippen LogP contribution in [0.2, 0.25) is 0 Å². The van der Waals surface area contributed by atoms with Gasteiger partial charge in [-0.25, -0.2) is 4.39 Å². The van der Waals surface area contributed by atoms with Crippen LogP contribution in [0, 0.1) is 5.82 Å². The summed E-state index contributed by atoms with van der Waals surface area (Å²) in [5.74, 6) is 0.757. The van der Waals surface area contributed by atoms with E-state index in [0.717, 1.165) is 4.47 Å². The van der Waals surface area contributed by atoms with Crippen molar-refractivity contribution in [2.24, 2.45) is 0 Å². The Bertz CT molecular complexity index is 629. The van der Waals surface area contributed by atoms with Gasteiger partial charge in [0.25, 0.3) is 0 Å². The fourth-order valence-electron chi connectivity index (χ4n) is 1.92. The molecular formula is C16H16BrFO3. The van der Waals surface area contributed by atoms with Crippen LogP contribution >= 0.6 is 15.9 Å². The normalized spacial score (nSPS) is 12.0. The van der Waals surface area contributed by atoms with Gasteiger partial charge in [-0.15, -0.1) is 0 Å². The topological polar surface area (TPSA) is 38.7 Å². The van der Waals surface area contributed by atoms with Crippen LogP contribution in [-0.2, 0) is 6.61 Å². The van der Waals surface area contributed by atoms with Crippen LogP contribution in [0.1, 0.15) is 24.2 Å². The molecular weight excluding hydrogens is 339 g/mol. The molecule has 0 aliphatic rings. The molecule has 0 aromatic heterocycles. The third-order valence-electron chi connectivity index (χ3n) is 3.06. The maximum Gasteiger partial charge on any atom is 0.129 e. The predicted octanol–water partition coefficient (Wildman–Crippen LogP) is 4.23. The van der Waals surface area contributed by atoms with Gasteiger partial charge < -0.3 is 14.6 Å². The highest BCUT2D eigenvalue weighted by Gasteiger charge is 2.12. The number of methoxy groups -OCH3 is 1. The first kappa shape index (κ1) is 15.8. The molecule has 0 saturated heterocycles. The average molecular weight is 355 g/mol. The van der Waals surface area contributed by atoms with Gasteiger partial charge in [0.1, 0.15) is 23.9 Å². The number of hydrogen-bond donors (Lipinski definition) is 1. The molecule has 0 aliphatic heterocycles. The highest BCUT2D eigenvalue weighted by Crippen LogP contribution is 2.30. The van der Waals surface area contributed by atoms with E-state index in [1.54, 1.807) is 44.4 Å². The fourth-order valence-corrected chi connectivity index (χ4v) is 2.33. The minimum atomic E-state index is -0.682. The molecule has 0 fully saturated rings. The lowest BCUT2D eigenvalue weighted by molar-refractivity contribution is 0.189. The van der Waals surface area contributed by atoms with Gasteiger partial charge in [0, 0.05) is 21.7 Å². The summed E-state index contributed by atoms with van der Waals surface area (Å²) < 4.78 is 25.3. The van der Waals surface area contributed by atoms with Crippen molar-refractivity contribution in [2.75, 3.05) is 7.11 Å². The van der Waals surface area contributed by atoms with E-state index >= 15 is 0 Å². The van der Waals surface area contributed by atoms with Gasteiger partial charge in [0.15, 0.2) is 0 Å². The van der Waals surface area contributed by atoms with Crippen LogP contribution in [-0.4, -0.2) is 12.2 Å². The molecule has 5 heteroatoms. The number of ether oxygens (including phenoxy) is 2. The molecule has 0 saturated carbocycles. The Hall–Kier alpha value is -1.59. The molecule has 3 nitrogen and oxygen atoms in total. The van der Waals surface area contributed by atoms with Crippen molar-refractivity contribution in [3.63, 3.8) is 0 Å². The third kappa shape index (κ3) is 3.95. The number of halogens is 2. The van der Waals surface area contributed by atoms with Crippen molar-refractivity contribution in [3.05, 3.63) is 57.8 Å². The molecule has 0 bridgehead atoms. The number of hydrogen-bond acceptors (Lipinski definition) is 3. The van der Waals surface area contributed by atoms with E-state index in [1.165, 1.54) is 6.07 Å². The summed E-state index contributed by atoms with van der Waals surface area (Å²) in [5, 5.41) is 9.76. The molecule has 1 atom stereocenters. The molecule has 0 heterocycles. The van der Waals surface area contributed by atoms with Gasteiger partial charge in [-0.2, -0.15) is 0 Å². The monoisotopic (exact) mass is 354 g/mol. The molecule has 21 heavy (non-hydrogen) atoms. The predicted molar refractivity (Wildman–Crippen MR) is 82.1 cm³/mol. The second-order valence-corrected chi connectivity index (χ2v) is 5.52. The Labute approximate surface area is 131 Å². The molecule has 112 valence electrons. The zero-order valence-corrected chi connectivity index (χ0v) is 13.4. The largest absolute Gasteiger partial charge is 0.497 e. The van der Waals surface area contributed by atoms with Gasteiger partial charge in [-0.1, -0.05) is 15.9 Å². The minimum Gasteiger partial charge on any atom is -0.497 e. The van der Waals surface area contributed by atoms with E-state index in [0.29, 0.717) is 22.6 Å². The Kier molecular flexibility index (Phi) is 5.20. The van der Waals surface area contributed by atoms with Gasteiger partial charge in [0.2, 0.25) is 0 Å². The Morgan fingerprint density at radius 1 is 1.24 bits per heavy atom. The Morgan fingerprint density at radius 3 is 2.67 bits per heavy atom. The highest BCUT2D eigenvalue weighted by atomic mass is 79.9. The third-order valence-corrected chi connectivity index (χ3v) is 3.56. The van der Waals surface area contributed by atoms with Crippen molar-refractivity contribution in [3.8, 4) is 11.5 Å². The summed E-state index contributed by atoms with van der Waals surface area (Å²) in [4.78, 5) is 0. The summed E-state index contributed by atoms with van der Waals surface area (Å²) in [6.07, 6.45) is -0.682. The number of aliphatic hydroxyl groups is 1. The van der Waals surface area contributed by atoms with E-state index in [2.05, 4.69) is 15.9 Å². The molecule has 2 aromatic carbocycles. The van der Waals surface area contributed by atoms with Crippen molar-refractivity contribution in [1.29, 1.82) is 0 Å². The zero-order chi connectivity index (χ0) is 15.4. The van der Waals surface area contributed by atoms with E-state index in [9.17, 15) is 9.50 Å². The van der Waals surface area contributed by atoms with Crippen molar-refractivity contribution < 1.29 is 19.0 Å². The second kappa shape index (κ2) is 6.91.